The third-order valence-corrected chi connectivity index (χ3v) is 3.03. The number of aromatic nitrogens is 1. The lowest BCUT2D eigenvalue weighted by Gasteiger charge is -2.05. The van der Waals surface area contributed by atoms with Gasteiger partial charge in [0.05, 0.1) is 17.6 Å². The fourth-order valence-corrected chi connectivity index (χ4v) is 1.94. The summed E-state index contributed by atoms with van der Waals surface area (Å²) >= 11 is 5.83. The topological polar surface area (TPSA) is 59.1 Å². The number of aromatic hydroxyl groups is 1. The molecule has 1 heterocycles. The van der Waals surface area contributed by atoms with Gasteiger partial charge in [0.25, 0.3) is 0 Å². The van der Waals surface area contributed by atoms with Crippen LogP contribution in [0.2, 0.25) is 5.02 Å². The van der Waals surface area contributed by atoms with Crippen LogP contribution >= 0.6 is 11.6 Å². The summed E-state index contributed by atoms with van der Waals surface area (Å²) in [7, 11) is 0. The standard InChI is InChI=1S/C14H15ClN2O/c15-11-6-4-10(5-7-11)2-1-3-14-13(16)8-12(18)9-17-14/h4-9,18H,1-3,16H2. The van der Waals surface area contributed by atoms with Crippen LogP contribution in [0.5, 0.6) is 5.75 Å². The average Bonchev–Trinajstić information content (AvgIpc) is 2.34. The molecule has 0 amide bonds. The number of nitrogen functional groups attached to an aromatic ring is 1. The molecule has 0 aliphatic rings. The number of hydrogen-bond donors (Lipinski definition) is 2. The van der Waals surface area contributed by atoms with Crippen molar-refractivity contribution < 1.29 is 5.11 Å². The van der Waals surface area contributed by atoms with E-state index in [1.54, 1.807) is 0 Å². The predicted octanol–water partition coefficient (Wildman–Crippen LogP) is 3.20. The van der Waals surface area contributed by atoms with Crippen LogP contribution < -0.4 is 5.73 Å². The van der Waals surface area contributed by atoms with Gasteiger partial charge in [0, 0.05) is 11.1 Å². The lowest BCUT2D eigenvalue weighted by atomic mass is 10.1. The van der Waals surface area contributed by atoms with Crippen LogP contribution in [-0.4, -0.2) is 10.1 Å². The van der Waals surface area contributed by atoms with Gasteiger partial charge in [-0.1, -0.05) is 23.7 Å². The molecule has 0 radical (unpaired) electrons. The highest BCUT2D eigenvalue weighted by Gasteiger charge is 2.02. The van der Waals surface area contributed by atoms with Gasteiger partial charge < -0.3 is 10.8 Å². The van der Waals surface area contributed by atoms with Gasteiger partial charge in [0.15, 0.2) is 0 Å². The van der Waals surface area contributed by atoms with Crippen LogP contribution in [-0.2, 0) is 12.8 Å². The number of hydrogen-bond acceptors (Lipinski definition) is 3. The predicted molar refractivity (Wildman–Crippen MR) is 73.8 cm³/mol. The largest absolute Gasteiger partial charge is 0.506 e. The Balaban J connectivity index is 1.90. The summed E-state index contributed by atoms with van der Waals surface area (Å²) in [5.41, 5.74) is 8.41. The molecule has 1 aromatic heterocycles. The molecule has 0 aliphatic heterocycles. The Hall–Kier alpha value is -1.74. The van der Waals surface area contributed by atoms with Crippen molar-refractivity contribution in [3.63, 3.8) is 0 Å². The molecule has 0 unspecified atom stereocenters. The molecule has 2 aromatic rings. The maximum absolute atomic E-state index is 9.21. The van der Waals surface area contributed by atoms with Gasteiger partial charge >= 0.3 is 0 Å². The Labute approximate surface area is 111 Å². The van der Waals surface area contributed by atoms with Crippen molar-refractivity contribution in [1.82, 2.24) is 4.98 Å². The van der Waals surface area contributed by atoms with Crippen molar-refractivity contribution in [3.8, 4) is 5.75 Å². The molecule has 0 aliphatic carbocycles. The minimum Gasteiger partial charge on any atom is -0.506 e. The maximum atomic E-state index is 9.21. The summed E-state index contributed by atoms with van der Waals surface area (Å²) in [5, 5.41) is 9.96. The fraction of sp³-hybridized carbons (Fsp3) is 0.214. The molecule has 0 spiro atoms. The first kappa shape index (κ1) is 12.7. The van der Waals surface area contributed by atoms with Gasteiger partial charge in [0.1, 0.15) is 5.75 Å². The Morgan fingerprint density at radius 3 is 2.56 bits per heavy atom. The van der Waals surface area contributed by atoms with Crippen molar-refractivity contribution in [3.05, 3.63) is 52.8 Å². The van der Waals surface area contributed by atoms with Crippen LogP contribution in [0.25, 0.3) is 0 Å². The van der Waals surface area contributed by atoms with E-state index in [4.69, 9.17) is 17.3 Å². The molecule has 2 rings (SSSR count). The first-order valence-electron chi connectivity index (χ1n) is 5.83. The zero-order valence-electron chi connectivity index (χ0n) is 9.94. The van der Waals surface area contributed by atoms with E-state index in [9.17, 15) is 5.11 Å². The highest BCUT2D eigenvalue weighted by atomic mass is 35.5. The molecular weight excluding hydrogens is 248 g/mol. The second-order valence-electron chi connectivity index (χ2n) is 4.21. The Morgan fingerprint density at radius 1 is 1.17 bits per heavy atom. The summed E-state index contributed by atoms with van der Waals surface area (Å²) < 4.78 is 0. The molecule has 18 heavy (non-hydrogen) atoms. The summed E-state index contributed by atoms with van der Waals surface area (Å²) in [5.74, 6) is 0.106. The monoisotopic (exact) mass is 262 g/mol. The van der Waals surface area contributed by atoms with Gasteiger partial charge in [-0.2, -0.15) is 0 Å². The minimum absolute atomic E-state index is 0.106. The summed E-state index contributed by atoms with van der Waals surface area (Å²) in [6.45, 7) is 0. The van der Waals surface area contributed by atoms with Crippen molar-refractivity contribution in [2.45, 2.75) is 19.3 Å². The second kappa shape index (κ2) is 5.74. The van der Waals surface area contributed by atoms with E-state index in [-0.39, 0.29) is 5.75 Å². The lowest BCUT2D eigenvalue weighted by molar-refractivity contribution is 0.472. The van der Waals surface area contributed by atoms with Gasteiger partial charge in [-0.15, -0.1) is 0 Å². The first-order valence-corrected chi connectivity index (χ1v) is 6.21. The third-order valence-electron chi connectivity index (χ3n) is 2.78. The molecular formula is C14H15ClN2O. The highest BCUT2D eigenvalue weighted by Crippen LogP contribution is 2.18. The quantitative estimate of drug-likeness (QED) is 0.890. The molecule has 0 fully saturated rings. The van der Waals surface area contributed by atoms with Crippen LogP contribution in [0.3, 0.4) is 0 Å². The van der Waals surface area contributed by atoms with E-state index in [0.717, 1.165) is 30.0 Å². The SMILES string of the molecule is Nc1cc(O)cnc1CCCc1ccc(Cl)cc1. The number of pyridine rings is 1. The van der Waals surface area contributed by atoms with Crippen LogP contribution in [0.4, 0.5) is 5.69 Å². The van der Waals surface area contributed by atoms with E-state index >= 15 is 0 Å². The van der Waals surface area contributed by atoms with E-state index in [1.807, 2.05) is 24.3 Å². The summed E-state index contributed by atoms with van der Waals surface area (Å²) in [6, 6.07) is 9.37. The Morgan fingerprint density at radius 2 is 1.89 bits per heavy atom. The van der Waals surface area contributed by atoms with Gasteiger partial charge in [0.2, 0.25) is 0 Å². The number of nitrogens with zero attached hydrogens (tertiary/aromatic N) is 1. The van der Waals surface area contributed by atoms with Crippen molar-refractivity contribution in [1.29, 1.82) is 0 Å². The van der Waals surface area contributed by atoms with E-state index in [0.29, 0.717) is 5.69 Å². The second-order valence-corrected chi connectivity index (χ2v) is 4.65. The average molecular weight is 263 g/mol. The Kier molecular flexibility index (Phi) is 4.05. The number of aryl methyl sites for hydroxylation is 2. The number of nitrogens with two attached hydrogens (primary N) is 1. The van der Waals surface area contributed by atoms with E-state index in [2.05, 4.69) is 4.98 Å². The number of benzene rings is 1. The molecule has 1 aromatic carbocycles. The van der Waals surface area contributed by atoms with Crippen molar-refractivity contribution in [2.75, 3.05) is 5.73 Å². The molecule has 0 saturated heterocycles. The third kappa shape index (κ3) is 3.37. The normalized spacial score (nSPS) is 10.5. The molecule has 3 N–H and O–H groups in total. The van der Waals surface area contributed by atoms with Crippen molar-refractivity contribution >= 4 is 17.3 Å². The highest BCUT2D eigenvalue weighted by molar-refractivity contribution is 6.30. The first-order chi connectivity index (χ1) is 8.65. The molecule has 4 heteroatoms. The summed E-state index contributed by atoms with van der Waals surface area (Å²) in [6.07, 6.45) is 4.14. The van der Waals surface area contributed by atoms with Gasteiger partial charge in [-0.25, -0.2) is 0 Å². The van der Waals surface area contributed by atoms with E-state index in [1.165, 1.54) is 17.8 Å². The molecule has 0 atom stereocenters. The number of anilines is 1. The smallest absolute Gasteiger partial charge is 0.135 e. The van der Waals surface area contributed by atoms with Crippen molar-refractivity contribution in [2.24, 2.45) is 0 Å². The van der Waals surface area contributed by atoms with Crippen LogP contribution in [0, 0.1) is 0 Å². The molecule has 0 bridgehead atoms. The zero-order valence-corrected chi connectivity index (χ0v) is 10.7. The summed E-state index contributed by atoms with van der Waals surface area (Å²) in [4.78, 5) is 4.13. The molecule has 0 saturated carbocycles. The number of halogens is 1. The molecule has 94 valence electrons. The minimum atomic E-state index is 0.106. The van der Waals surface area contributed by atoms with Crippen LogP contribution in [0.1, 0.15) is 17.7 Å². The Bertz CT molecular complexity index is 526. The maximum Gasteiger partial charge on any atom is 0.135 e. The fourth-order valence-electron chi connectivity index (χ4n) is 1.82. The molecule has 3 nitrogen and oxygen atoms in total. The number of rotatable bonds is 4. The zero-order chi connectivity index (χ0) is 13.0. The van der Waals surface area contributed by atoms with E-state index < -0.39 is 0 Å². The van der Waals surface area contributed by atoms with Gasteiger partial charge in [-0.3, -0.25) is 4.98 Å². The van der Waals surface area contributed by atoms with Gasteiger partial charge in [-0.05, 0) is 37.0 Å². The van der Waals surface area contributed by atoms with Crippen LogP contribution in [0.15, 0.2) is 36.5 Å². The lowest BCUT2D eigenvalue weighted by Crippen LogP contribution is -1.98.